The lowest BCUT2D eigenvalue weighted by atomic mass is 9.98. The maximum Gasteiger partial charge on any atom is 0.261 e. The van der Waals surface area contributed by atoms with Gasteiger partial charge in [-0.2, -0.15) is 0 Å². The highest BCUT2D eigenvalue weighted by Gasteiger charge is 2.25. The molecule has 2 aliphatic rings. The van der Waals surface area contributed by atoms with Gasteiger partial charge in [0.15, 0.2) is 0 Å². The number of hydrogen-bond acceptors (Lipinski definition) is 4. The van der Waals surface area contributed by atoms with Crippen LogP contribution in [0.2, 0.25) is 0 Å². The van der Waals surface area contributed by atoms with Gasteiger partial charge in [0.05, 0.1) is 4.88 Å². The Bertz CT molecular complexity index is 613. The smallest absolute Gasteiger partial charge is 0.261 e. The summed E-state index contributed by atoms with van der Waals surface area (Å²) in [7, 11) is 3.83. The molecule has 1 fully saturated rings. The molecule has 0 aromatic carbocycles. The number of amides is 2. The van der Waals surface area contributed by atoms with Crippen molar-refractivity contribution in [3.05, 3.63) is 21.4 Å². The molecule has 5 nitrogen and oxygen atoms in total. The fourth-order valence-corrected chi connectivity index (χ4v) is 4.85. The van der Waals surface area contributed by atoms with Crippen molar-refractivity contribution in [2.75, 3.05) is 27.2 Å². The number of carbonyl (C=O) groups is 2. The number of likely N-dealkylation sites (tertiary alicyclic amines) is 1. The van der Waals surface area contributed by atoms with E-state index in [1.165, 1.54) is 24.1 Å². The molecule has 0 spiro atoms. The quantitative estimate of drug-likeness (QED) is 0.907. The first-order chi connectivity index (χ1) is 11.6. The van der Waals surface area contributed by atoms with Crippen LogP contribution in [-0.2, 0) is 17.8 Å². The van der Waals surface area contributed by atoms with Crippen molar-refractivity contribution in [1.82, 2.24) is 15.1 Å². The number of piperidine rings is 1. The van der Waals surface area contributed by atoms with Crippen molar-refractivity contribution < 1.29 is 9.59 Å². The first kappa shape index (κ1) is 17.4. The Morgan fingerprint density at radius 1 is 1.33 bits per heavy atom. The molecular weight excluding hydrogens is 322 g/mol. The standard InChI is InChI=1S/C18H27N3O2S/c1-19-18(23)16-11-13-12-21(10-8-15(13)24-16)17(22)7-6-14-5-3-4-9-20(14)2/h11,14H,3-10,12H2,1-2H3,(H,19,23). The fourth-order valence-electron chi connectivity index (χ4n) is 3.74. The molecule has 132 valence electrons. The largest absolute Gasteiger partial charge is 0.354 e. The van der Waals surface area contributed by atoms with Crippen LogP contribution < -0.4 is 5.32 Å². The maximum atomic E-state index is 12.6. The van der Waals surface area contributed by atoms with Crippen LogP contribution >= 0.6 is 11.3 Å². The van der Waals surface area contributed by atoms with Gasteiger partial charge in [0.1, 0.15) is 0 Å². The van der Waals surface area contributed by atoms with Crippen molar-refractivity contribution in [2.45, 2.75) is 51.1 Å². The van der Waals surface area contributed by atoms with Crippen molar-refractivity contribution in [2.24, 2.45) is 0 Å². The molecule has 1 aromatic rings. The number of nitrogens with one attached hydrogen (secondary N) is 1. The van der Waals surface area contributed by atoms with Gasteiger partial charge in [-0.15, -0.1) is 11.3 Å². The van der Waals surface area contributed by atoms with Gasteiger partial charge in [-0.1, -0.05) is 6.42 Å². The molecule has 3 rings (SSSR count). The van der Waals surface area contributed by atoms with Gasteiger partial charge >= 0.3 is 0 Å². The molecular formula is C18H27N3O2S. The van der Waals surface area contributed by atoms with E-state index in [9.17, 15) is 9.59 Å². The Morgan fingerprint density at radius 2 is 2.17 bits per heavy atom. The van der Waals surface area contributed by atoms with E-state index in [1.54, 1.807) is 18.4 Å². The number of rotatable bonds is 4. The lowest BCUT2D eigenvalue weighted by Gasteiger charge is -2.33. The minimum absolute atomic E-state index is 0.0346. The predicted octanol–water partition coefficient (Wildman–Crippen LogP) is 2.26. The second-order valence-electron chi connectivity index (χ2n) is 6.87. The third-order valence-electron chi connectivity index (χ3n) is 5.28. The summed E-state index contributed by atoms with van der Waals surface area (Å²) in [4.78, 5) is 30.7. The van der Waals surface area contributed by atoms with Gasteiger partial charge in [-0.25, -0.2) is 0 Å². The molecule has 0 saturated carbocycles. The monoisotopic (exact) mass is 349 g/mol. The Morgan fingerprint density at radius 3 is 2.92 bits per heavy atom. The van der Waals surface area contributed by atoms with Gasteiger partial charge < -0.3 is 15.1 Å². The SMILES string of the molecule is CNC(=O)c1cc2c(s1)CCN(C(=O)CCC1CCCCN1C)C2. The summed E-state index contributed by atoms with van der Waals surface area (Å²) in [6.45, 7) is 2.59. The summed E-state index contributed by atoms with van der Waals surface area (Å²) in [5, 5.41) is 2.67. The topological polar surface area (TPSA) is 52.7 Å². The van der Waals surface area contributed by atoms with E-state index in [2.05, 4.69) is 17.3 Å². The Balaban J connectivity index is 1.55. The fraction of sp³-hybridized carbons (Fsp3) is 0.667. The Hall–Kier alpha value is -1.40. The number of hydrogen-bond donors (Lipinski definition) is 1. The van der Waals surface area contributed by atoms with Crippen LogP contribution in [0.4, 0.5) is 0 Å². The highest BCUT2D eigenvalue weighted by atomic mass is 32.1. The van der Waals surface area contributed by atoms with Gasteiger partial charge in [-0.05, 0) is 50.9 Å². The van der Waals surface area contributed by atoms with Gasteiger partial charge in [0.25, 0.3) is 5.91 Å². The summed E-state index contributed by atoms with van der Waals surface area (Å²) < 4.78 is 0. The molecule has 24 heavy (non-hydrogen) atoms. The van der Waals surface area contributed by atoms with Crippen LogP contribution in [0.3, 0.4) is 0 Å². The second-order valence-corrected chi connectivity index (χ2v) is 8.01. The third-order valence-corrected chi connectivity index (χ3v) is 6.52. The van der Waals surface area contributed by atoms with Gasteiger partial charge in [0.2, 0.25) is 5.91 Å². The van der Waals surface area contributed by atoms with Crippen LogP contribution in [-0.4, -0.2) is 54.8 Å². The van der Waals surface area contributed by atoms with Gasteiger partial charge in [-0.3, -0.25) is 9.59 Å². The first-order valence-corrected chi connectivity index (χ1v) is 9.72. The van der Waals surface area contributed by atoms with E-state index in [0.717, 1.165) is 36.4 Å². The van der Waals surface area contributed by atoms with Crippen LogP contribution in [0, 0.1) is 0 Å². The second kappa shape index (κ2) is 7.66. The number of carbonyl (C=O) groups excluding carboxylic acids is 2. The summed E-state index contributed by atoms with van der Waals surface area (Å²) >= 11 is 1.56. The molecule has 1 unspecified atom stereocenters. The van der Waals surface area contributed by atoms with Crippen molar-refractivity contribution in [1.29, 1.82) is 0 Å². The summed E-state index contributed by atoms with van der Waals surface area (Å²) in [6, 6.07) is 2.51. The third kappa shape index (κ3) is 3.81. The van der Waals surface area contributed by atoms with Gasteiger partial charge in [0, 0.05) is 37.5 Å². The van der Waals surface area contributed by atoms with Crippen molar-refractivity contribution >= 4 is 23.2 Å². The molecule has 6 heteroatoms. The Kier molecular flexibility index (Phi) is 5.56. The number of nitrogens with zero attached hydrogens (tertiary/aromatic N) is 2. The van der Waals surface area contributed by atoms with Crippen LogP contribution in [0.1, 0.15) is 52.2 Å². The van der Waals surface area contributed by atoms with E-state index in [0.29, 0.717) is 19.0 Å². The van der Waals surface area contributed by atoms with E-state index in [4.69, 9.17) is 0 Å². The summed E-state index contributed by atoms with van der Waals surface area (Å²) in [5.41, 5.74) is 1.15. The van der Waals surface area contributed by atoms with E-state index in [1.807, 2.05) is 11.0 Å². The maximum absolute atomic E-state index is 12.6. The van der Waals surface area contributed by atoms with Crippen LogP contribution in [0.15, 0.2) is 6.07 Å². The lowest BCUT2D eigenvalue weighted by Crippen LogP contribution is -2.39. The molecule has 1 atom stereocenters. The molecule has 1 aromatic heterocycles. The zero-order valence-corrected chi connectivity index (χ0v) is 15.5. The minimum Gasteiger partial charge on any atom is -0.354 e. The number of thiophene rings is 1. The zero-order valence-electron chi connectivity index (χ0n) is 14.6. The first-order valence-electron chi connectivity index (χ1n) is 8.90. The predicted molar refractivity (Wildman–Crippen MR) is 96.3 cm³/mol. The van der Waals surface area contributed by atoms with E-state index in [-0.39, 0.29) is 11.8 Å². The number of fused-ring (bicyclic) bond motifs is 1. The zero-order chi connectivity index (χ0) is 17.1. The Labute approximate surface area is 148 Å². The molecule has 2 amide bonds. The van der Waals surface area contributed by atoms with Crippen molar-refractivity contribution in [3.8, 4) is 0 Å². The highest BCUT2D eigenvalue weighted by molar-refractivity contribution is 7.14. The van der Waals surface area contributed by atoms with Crippen molar-refractivity contribution in [3.63, 3.8) is 0 Å². The van der Waals surface area contributed by atoms with Crippen LogP contribution in [0.5, 0.6) is 0 Å². The highest BCUT2D eigenvalue weighted by Crippen LogP contribution is 2.29. The normalized spacial score (nSPS) is 21.4. The molecule has 2 aliphatic heterocycles. The lowest BCUT2D eigenvalue weighted by molar-refractivity contribution is -0.132. The summed E-state index contributed by atoms with van der Waals surface area (Å²) in [6.07, 6.45) is 6.25. The molecule has 0 aliphatic carbocycles. The molecule has 3 heterocycles. The molecule has 1 saturated heterocycles. The minimum atomic E-state index is -0.0346. The van der Waals surface area contributed by atoms with Crippen LogP contribution in [0.25, 0.3) is 0 Å². The molecule has 0 radical (unpaired) electrons. The average molecular weight is 350 g/mol. The summed E-state index contributed by atoms with van der Waals surface area (Å²) in [5.74, 6) is 0.222. The average Bonchev–Trinajstić information content (AvgIpc) is 3.03. The molecule has 1 N–H and O–H groups in total. The van der Waals surface area contributed by atoms with E-state index < -0.39 is 0 Å². The molecule has 0 bridgehead atoms. The van der Waals surface area contributed by atoms with E-state index >= 15 is 0 Å².